The van der Waals surface area contributed by atoms with Gasteiger partial charge in [0.1, 0.15) is 0 Å². The zero-order chi connectivity index (χ0) is 11.6. The lowest BCUT2D eigenvalue weighted by Gasteiger charge is -2.16. The molecule has 0 aliphatic carbocycles. The Hall–Kier alpha value is -0.610. The first-order valence-corrected chi connectivity index (χ1v) is 7.11. The molecule has 1 atom stereocenters. The molecular formula is C12H21N3S. The monoisotopic (exact) mass is 239 g/mol. The lowest BCUT2D eigenvalue weighted by Crippen LogP contribution is -2.25. The highest BCUT2D eigenvalue weighted by Gasteiger charge is 2.11. The maximum Gasteiger partial charge on any atom is 0.0764 e. The molecule has 1 aromatic heterocycles. The van der Waals surface area contributed by atoms with E-state index in [1.165, 1.54) is 12.2 Å². The Balaban J connectivity index is 2.49. The largest absolute Gasteiger partial charge is 0.308 e. The van der Waals surface area contributed by atoms with Crippen LogP contribution in [0.15, 0.2) is 18.6 Å². The van der Waals surface area contributed by atoms with Gasteiger partial charge in [-0.2, -0.15) is 11.8 Å². The summed E-state index contributed by atoms with van der Waals surface area (Å²) < 4.78 is 0. The van der Waals surface area contributed by atoms with E-state index in [9.17, 15) is 0 Å². The fourth-order valence-corrected chi connectivity index (χ4v) is 2.38. The molecule has 1 unspecified atom stereocenters. The number of hydrogen-bond acceptors (Lipinski definition) is 4. The minimum atomic E-state index is 0.338. The quantitative estimate of drug-likeness (QED) is 0.708. The molecule has 1 heterocycles. The molecule has 0 fully saturated rings. The molecule has 3 nitrogen and oxygen atoms in total. The standard InChI is InChI=1S/C12H21N3S/c1-3-5-14-12(10-16-8-4-2)11-9-13-6-7-15-11/h6-7,9,12,14H,3-5,8,10H2,1-2H3. The van der Waals surface area contributed by atoms with Gasteiger partial charge < -0.3 is 5.32 Å². The number of nitrogens with zero attached hydrogens (tertiary/aromatic N) is 2. The number of aromatic nitrogens is 2. The Kier molecular flexibility index (Phi) is 7.17. The minimum Gasteiger partial charge on any atom is -0.308 e. The zero-order valence-corrected chi connectivity index (χ0v) is 11.0. The van der Waals surface area contributed by atoms with Crippen molar-refractivity contribution in [3.63, 3.8) is 0 Å². The highest BCUT2D eigenvalue weighted by Crippen LogP contribution is 2.16. The van der Waals surface area contributed by atoms with Gasteiger partial charge in [0, 0.05) is 24.3 Å². The number of thioether (sulfide) groups is 1. The molecule has 1 rings (SSSR count). The zero-order valence-electron chi connectivity index (χ0n) is 10.1. The Bertz CT molecular complexity index is 266. The van der Waals surface area contributed by atoms with E-state index >= 15 is 0 Å². The van der Waals surface area contributed by atoms with Crippen molar-refractivity contribution in [1.82, 2.24) is 15.3 Å². The van der Waals surface area contributed by atoms with Gasteiger partial charge in [0.15, 0.2) is 0 Å². The van der Waals surface area contributed by atoms with E-state index in [1.807, 2.05) is 18.0 Å². The summed E-state index contributed by atoms with van der Waals surface area (Å²) in [7, 11) is 0. The SMILES string of the molecule is CCCNC(CSCCC)c1cnccn1. The van der Waals surface area contributed by atoms with Crippen LogP contribution in [0.2, 0.25) is 0 Å². The van der Waals surface area contributed by atoms with Crippen LogP contribution < -0.4 is 5.32 Å². The van der Waals surface area contributed by atoms with Gasteiger partial charge in [0.2, 0.25) is 0 Å². The maximum absolute atomic E-state index is 4.37. The number of nitrogens with one attached hydrogen (secondary N) is 1. The summed E-state index contributed by atoms with van der Waals surface area (Å²) in [5, 5.41) is 3.52. The molecule has 1 N–H and O–H groups in total. The Morgan fingerprint density at radius 2 is 2.19 bits per heavy atom. The Morgan fingerprint density at radius 1 is 1.31 bits per heavy atom. The fraction of sp³-hybridized carbons (Fsp3) is 0.667. The van der Waals surface area contributed by atoms with Gasteiger partial charge in [-0.3, -0.25) is 9.97 Å². The molecule has 0 aromatic carbocycles. The molecule has 0 radical (unpaired) electrons. The summed E-state index contributed by atoms with van der Waals surface area (Å²) in [6.07, 6.45) is 7.72. The second-order valence-corrected chi connectivity index (χ2v) is 4.86. The number of rotatable bonds is 8. The van der Waals surface area contributed by atoms with E-state index in [0.717, 1.165) is 24.4 Å². The average Bonchev–Trinajstić information content (AvgIpc) is 2.35. The summed E-state index contributed by atoms with van der Waals surface area (Å²) in [5.41, 5.74) is 1.06. The molecule has 0 amide bonds. The third-order valence-corrected chi connectivity index (χ3v) is 3.48. The maximum atomic E-state index is 4.37. The first-order chi connectivity index (χ1) is 7.88. The molecule has 1 aromatic rings. The lowest BCUT2D eigenvalue weighted by molar-refractivity contribution is 0.563. The first kappa shape index (κ1) is 13.5. The van der Waals surface area contributed by atoms with Crippen molar-refractivity contribution >= 4 is 11.8 Å². The minimum absolute atomic E-state index is 0.338. The van der Waals surface area contributed by atoms with Crippen molar-refractivity contribution in [2.24, 2.45) is 0 Å². The van der Waals surface area contributed by atoms with Crippen LogP contribution in [0, 0.1) is 0 Å². The van der Waals surface area contributed by atoms with E-state index in [1.54, 1.807) is 12.4 Å². The third kappa shape index (κ3) is 4.94. The average molecular weight is 239 g/mol. The van der Waals surface area contributed by atoms with Gasteiger partial charge in [-0.05, 0) is 25.1 Å². The second-order valence-electron chi connectivity index (χ2n) is 3.71. The molecule has 0 spiro atoms. The molecular weight excluding hydrogens is 218 g/mol. The summed E-state index contributed by atoms with van der Waals surface area (Å²) in [6.45, 7) is 5.43. The van der Waals surface area contributed by atoms with Crippen molar-refractivity contribution in [2.75, 3.05) is 18.1 Å². The van der Waals surface area contributed by atoms with Crippen molar-refractivity contribution in [3.05, 3.63) is 24.3 Å². The van der Waals surface area contributed by atoms with Crippen LogP contribution in [0.3, 0.4) is 0 Å². The summed E-state index contributed by atoms with van der Waals surface area (Å²) in [4.78, 5) is 8.50. The molecule has 16 heavy (non-hydrogen) atoms. The van der Waals surface area contributed by atoms with Crippen molar-refractivity contribution in [3.8, 4) is 0 Å². The van der Waals surface area contributed by atoms with Gasteiger partial charge in [-0.25, -0.2) is 0 Å². The van der Waals surface area contributed by atoms with E-state index in [4.69, 9.17) is 0 Å². The molecule has 0 saturated carbocycles. The first-order valence-electron chi connectivity index (χ1n) is 5.95. The van der Waals surface area contributed by atoms with Crippen LogP contribution >= 0.6 is 11.8 Å². The van der Waals surface area contributed by atoms with Crippen molar-refractivity contribution in [2.45, 2.75) is 32.7 Å². The fourth-order valence-electron chi connectivity index (χ4n) is 1.40. The number of hydrogen-bond donors (Lipinski definition) is 1. The van der Waals surface area contributed by atoms with Crippen LogP contribution in [0.25, 0.3) is 0 Å². The van der Waals surface area contributed by atoms with Crippen LogP contribution in [0.4, 0.5) is 0 Å². The van der Waals surface area contributed by atoms with E-state index < -0.39 is 0 Å². The molecule has 90 valence electrons. The highest BCUT2D eigenvalue weighted by atomic mass is 32.2. The van der Waals surface area contributed by atoms with Crippen LogP contribution in [0.1, 0.15) is 38.4 Å². The van der Waals surface area contributed by atoms with E-state index in [-0.39, 0.29) is 0 Å². The molecule has 4 heteroatoms. The Labute approximate surface area is 102 Å². The van der Waals surface area contributed by atoms with Crippen LogP contribution in [-0.4, -0.2) is 28.0 Å². The summed E-state index contributed by atoms with van der Waals surface area (Å²) >= 11 is 1.98. The van der Waals surface area contributed by atoms with Crippen LogP contribution in [-0.2, 0) is 0 Å². The van der Waals surface area contributed by atoms with Crippen molar-refractivity contribution in [1.29, 1.82) is 0 Å². The van der Waals surface area contributed by atoms with Gasteiger partial charge in [0.25, 0.3) is 0 Å². The van der Waals surface area contributed by atoms with Crippen LogP contribution in [0.5, 0.6) is 0 Å². The normalized spacial score (nSPS) is 12.6. The second kappa shape index (κ2) is 8.53. The topological polar surface area (TPSA) is 37.8 Å². The molecule has 0 saturated heterocycles. The smallest absolute Gasteiger partial charge is 0.0764 e. The van der Waals surface area contributed by atoms with Gasteiger partial charge in [-0.15, -0.1) is 0 Å². The van der Waals surface area contributed by atoms with Gasteiger partial charge in [0.05, 0.1) is 11.7 Å². The third-order valence-electron chi connectivity index (χ3n) is 2.21. The van der Waals surface area contributed by atoms with Crippen molar-refractivity contribution < 1.29 is 0 Å². The molecule has 0 bridgehead atoms. The summed E-state index contributed by atoms with van der Waals surface area (Å²) in [6, 6.07) is 0.338. The molecule has 0 aliphatic rings. The van der Waals surface area contributed by atoms with E-state index in [0.29, 0.717) is 6.04 Å². The van der Waals surface area contributed by atoms with E-state index in [2.05, 4.69) is 29.1 Å². The predicted molar refractivity (Wildman–Crippen MR) is 70.7 cm³/mol. The lowest BCUT2D eigenvalue weighted by atomic mass is 10.2. The Morgan fingerprint density at radius 3 is 2.81 bits per heavy atom. The van der Waals surface area contributed by atoms with Gasteiger partial charge in [-0.1, -0.05) is 13.8 Å². The molecule has 0 aliphatic heterocycles. The predicted octanol–water partition coefficient (Wildman–Crippen LogP) is 2.66. The highest BCUT2D eigenvalue weighted by molar-refractivity contribution is 7.99. The summed E-state index contributed by atoms with van der Waals surface area (Å²) in [5.74, 6) is 2.29. The van der Waals surface area contributed by atoms with Gasteiger partial charge >= 0.3 is 0 Å².